The van der Waals surface area contributed by atoms with Crippen LogP contribution in [0.4, 0.5) is 8.78 Å². The SMILES string of the molecule is CC1(C)CC(C(O)c2c(F)cc(Br)cc2F)C(C)(C)O1. The highest BCUT2D eigenvalue weighted by Crippen LogP contribution is 2.48. The molecule has 1 aliphatic heterocycles. The molecule has 1 fully saturated rings. The van der Waals surface area contributed by atoms with Crippen LogP contribution in [0.5, 0.6) is 0 Å². The first-order chi connectivity index (χ1) is 9.03. The van der Waals surface area contributed by atoms with E-state index >= 15 is 0 Å². The summed E-state index contributed by atoms with van der Waals surface area (Å²) < 4.78 is 34.2. The number of rotatable bonds is 2. The van der Waals surface area contributed by atoms with Gasteiger partial charge in [-0.3, -0.25) is 0 Å². The highest BCUT2D eigenvalue weighted by atomic mass is 79.9. The molecule has 20 heavy (non-hydrogen) atoms. The Hall–Kier alpha value is -0.520. The van der Waals surface area contributed by atoms with Crippen LogP contribution in [-0.4, -0.2) is 16.3 Å². The van der Waals surface area contributed by atoms with Crippen molar-refractivity contribution in [1.29, 1.82) is 0 Å². The summed E-state index contributed by atoms with van der Waals surface area (Å²) in [6.07, 6.45) is -0.698. The van der Waals surface area contributed by atoms with Crippen molar-refractivity contribution in [2.75, 3.05) is 0 Å². The van der Waals surface area contributed by atoms with Crippen LogP contribution in [0.2, 0.25) is 0 Å². The number of hydrogen-bond acceptors (Lipinski definition) is 2. The molecule has 2 atom stereocenters. The fourth-order valence-corrected chi connectivity index (χ4v) is 3.54. The molecule has 0 spiro atoms. The Kier molecular flexibility index (Phi) is 4.00. The van der Waals surface area contributed by atoms with Gasteiger partial charge in [0.25, 0.3) is 0 Å². The molecule has 0 saturated carbocycles. The summed E-state index contributed by atoms with van der Waals surface area (Å²) in [5.41, 5.74) is -1.35. The standard InChI is InChI=1S/C15H19BrF2O2/c1-14(2)7-9(15(3,4)20-14)13(19)12-10(17)5-8(16)6-11(12)18/h5-6,9,13,19H,7H2,1-4H3. The molecule has 2 unspecified atom stereocenters. The minimum atomic E-state index is -1.24. The van der Waals surface area contributed by atoms with Crippen molar-refractivity contribution in [2.45, 2.75) is 51.4 Å². The van der Waals surface area contributed by atoms with E-state index in [0.717, 1.165) is 12.1 Å². The summed E-state index contributed by atoms with van der Waals surface area (Å²) >= 11 is 3.03. The fourth-order valence-electron chi connectivity index (χ4n) is 3.13. The van der Waals surface area contributed by atoms with E-state index in [9.17, 15) is 13.9 Å². The molecular weight excluding hydrogens is 330 g/mol. The van der Waals surface area contributed by atoms with Crippen molar-refractivity contribution in [3.63, 3.8) is 0 Å². The third kappa shape index (κ3) is 2.90. The van der Waals surface area contributed by atoms with Gasteiger partial charge in [-0.1, -0.05) is 15.9 Å². The average molecular weight is 349 g/mol. The van der Waals surface area contributed by atoms with Gasteiger partial charge in [0.1, 0.15) is 11.6 Å². The average Bonchev–Trinajstić information content (AvgIpc) is 2.44. The second-order valence-corrected chi connectivity index (χ2v) is 7.42. The third-order valence-corrected chi connectivity index (χ3v) is 4.32. The van der Waals surface area contributed by atoms with E-state index in [0.29, 0.717) is 10.9 Å². The third-order valence-electron chi connectivity index (χ3n) is 3.86. The summed E-state index contributed by atoms with van der Waals surface area (Å²) in [5, 5.41) is 10.5. The van der Waals surface area contributed by atoms with Gasteiger partial charge in [0.2, 0.25) is 0 Å². The highest BCUT2D eigenvalue weighted by Gasteiger charge is 2.50. The van der Waals surface area contributed by atoms with Gasteiger partial charge in [0.15, 0.2) is 0 Å². The summed E-state index contributed by atoms with van der Waals surface area (Å²) in [6, 6.07) is 2.32. The van der Waals surface area contributed by atoms with Crippen LogP contribution in [0.25, 0.3) is 0 Å². The monoisotopic (exact) mass is 348 g/mol. The van der Waals surface area contributed by atoms with Crippen LogP contribution >= 0.6 is 15.9 Å². The molecule has 1 heterocycles. The summed E-state index contributed by atoms with van der Waals surface area (Å²) in [4.78, 5) is 0. The smallest absolute Gasteiger partial charge is 0.133 e. The van der Waals surface area contributed by atoms with Gasteiger partial charge in [-0.25, -0.2) is 8.78 Å². The normalized spacial score (nSPS) is 25.7. The number of aliphatic hydroxyl groups is 1. The molecular formula is C15H19BrF2O2. The van der Waals surface area contributed by atoms with E-state index < -0.39 is 28.9 Å². The molecule has 2 nitrogen and oxygen atoms in total. The maximum absolute atomic E-state index is 14.0. The van der Waals surface area contributed by atoms with Gasteiger partial charge in [-0.05, 0) is 46.2 Å². The fraction of sp³-hybridized carbons (Fsp3) is 0.600. The zero-order valence-corrected chi connectivity index (χ0v) is 13.6. The zero-order valence-electron chi connectivity index (χ0n) is 12.0. The van der Waals surface area contributed by atoms with Crippen LogP contribution < -0.4 is 0 Å². The molecule has 1 aliphatic rings. The second-order valence-electron chi connectivity index (χ2n) is 6.50. The number of hydrogen-bond donors (Lipinski definition) is 1. The van der Waals surface area contributed by atoms with Crippen molar-refractivity contribution >= 4 is 15.9 Å². The minimum absolute atomic E-state index is 0.285. The van der Waals surface area contributed by atoms with Gasteiger partial charge in [-0.15, -0.1) is 0 Å². The first-order valence-corrected chi connectivity index (χ1v) is 7.35. The van der Waals surface area contributed by atoms with Crippen molar-refractivity contribution in [3.8, 4) is 0 Å². The number of benzene rings is 1. The molecule has 1 N–H and O–H groups in total. The van der Waals surface area contributed by atoms with Crippen LogP contribution in [0.1, 0.15) is 45.8 Å². The lowest BCUT2D eigenvalue weighted by Crippen LogP contribution is -2.33. The largest absolute Gasteiger partial charge is 0.388 e. The predicted octanol–water partition coefficient (Wildman–Crippen LogP) is 4.35. The van der Waals surface area contributed by atoms with E-state index in [4.69, 9.17) is 4.74 Å². The van der Waals surface area contributed by atoms with Gasteiger partial charge < -0.3 is 9.84 Å². The lowest BCUT2D eigenvalue weighted by atomic mass is 9.80. The quantitative estimate of drug-likeness (QED) is 0.860. The number of halogens is 3. The molecule has 0 aliphatic carbocycles. The van der Waals surface area contributed by atoms with Gasteiger partial charge in [0, 0.05) is 10.4 Å². The molecule has 112 valence electrons. The molecule has 0 aromatic heterocycles. The Morgan fingerprint density at radius 3 is 2.15 bits per heavy atom. The van der Waals surface area contributed by atoms with Crippen molar-refractivity contribution in [3.05, 3.63) is 33.8 Å². The van der Waals surface area contributed by atoms with Crippen LogP contribution in [0, 0.1) is 17.6 Å². The first kappa shape index (κ1) is 15.9. The minimum Gasteiger partial charge on any atom is -0.388 e. The highest BCUT2D eigenvalue weighted by molar-refractivity contribution is 9.10. The van der Waals surface area contributed by atoms with E-state index in [1.807, 2.05) is 27.7 Å². The maximum atomic E-state index is 14.0. The first-order valence-electron chi connectivity index (χ1n) is 6.56. The molecule has 0 radical (unpaired) electrons. The molecule has 1 saturated heterocycles. The van der Waals surface area contributed by atoms with Crippen LogP contribution in [0.3, 0.4) is 0 Å². The molecule has 1 aromatic carbocycles. The van der Waals surface area contributed by atoms with Crippen LogP contribution in [-0.2, 0) is 4.74 Å². The molecule has 1 aromatic rings. The lowest BCUT2D eigenvalue weighted by Gasteiger charge is -2.30. The predicted molar refractivity (Wildman–Crippen MR) is 76.4 cm³/mol. The van der Waals surface area contributed by atoms with Crippen molar-refractivity contribution < 1.29 is 18.6 Å². The summed E-state index contributed by atoms with van der Waals surface area (Å²) in [6.45, 7) is 7.50. The second kappa shape index (κ2) is 5.04. The molecule has 5 heteroatoms. The zero-order chi connectivity index (χ0) is 15.3. The summed E-state index contributed by atoms with van der Waals surface area (Å²) in [5.74, 6) is -1.86. The van der Waals surface area contributed by atoms with Gasteiger partial charge in [-0.2, -0.15) is 0 Å². The van der Waals surface area contributed by atoms with Crippen molar-refractivity contribution in [1.82, 2.24) is 0 Å². The Labute approximate surface area is 126 Å². The molecule has 2 rings (SSSR count). The lowest BCUT2D eigenvalue weighted by molar-refractivity contribution is -0.0885. The Morgan fingerprint density at radius 2 is 1.75 bits per heavy atom. The van der Waals surface area contributed by atoms with E-state index in [2.05, 4.69) is 15.9 Å². The Bertz CT molecular complexity index is 506. The van der Waals surface area contributed by atoms with E-state index in [1.54, 1.807) is 0 Å². The Balaban J connectivity index is 2.40. The summed E-state index contributed by atoms with van der Waals surface area (Å²) in [7, 11) is 0. The topological polar surface area (TPSA) is 29.5 Å². The Morgan fingerprint density at radius 1 is 1.25 bits per heavy atom. The van der Waals surface area contributed by atoms with Crippen molar-refractivity contribution in [2.24, 2.45) is 5.92 Å². The maximum Gasteiger partial charge on any atom is 0.133 e. The number of ether oxygens (including phenoxy) is 1. The van der Waals surface area contributed by atoms with Crippen LogP contribution in [0.15, 0.2) is 16.6 Å². The van der Waals surface area contributed by atoms with E-state index in [-0.39, 0.29) is 11.5 Å². The molecule has 0 amide bonds. The molecule has 0 bridgehead atoms. The number of aliphatic hydroxyl groups excluding tert-OH is 1. The van der Waals surface area contributed by atoms with E-state index in [1.165, 1.54) is 0 Å². The van der Waals surface area contributed by atoms with Gasteiger partial charge >= 0.3 is 0 Å². The van der Waals surface area contributed by atoms with Gasteiger partial charge in [0.05, 0.1) is 22.9 Å².